The predicted molar refractivity (Wildman–Crippen MR) is 59.8 cm³/mol. The van der Waals surface area contributed by atoms with Gasteiger partial charge in [-0.05, 0) is 35.0 Å². The number of hydrogen-bond donors (Lipinski definition) is 0. The topological polar surface area (TPSA) is 18.5 Å². The Kier molecular flexibility index (Phi) is 3.84. The summed E-state index contributed by atoms with van der Waals surface area (Å²) in [6.45, 7) is 2.48. The predicted octanol–water partition coefficient (Wildman–Crippen LogP) is 2.84. The van der Waals surface area contributed by atoms with E-state index in [2.05, 4.69) is 21.9 Å². The lowest BCUT2D eigenvalue weighted by molar-refractivity contribution is 0.309. The Morgan fingerprint density at radius 2 is 2.21 bits per heavy atom. The minimum Gasteiger partial charge on any atom is -0.493 e. The van der Waals surface area contributed by atoms with E-state index in [1.807, 2.05) is 13.0 Å². The third-order valence-corrected chi connectivity index (χ3v) is 2.51. The molecule has 0 saturated heterocycles. The van der Waals surface area contributed by atoms with Crippen molar-refractivity contribution in [2.24, 2.45) is 0 Å². The van der Waals surface area contributed by atoms with E-state index in [9.17, 15) is 0 Å². The van der Waals surface area contributed by atoms with Crippen molar-refractivity contribution in [3.8, 4) is 23.8 Å². The molecule has 14 heavy (non-hydrogen) atoms. The average Bonchev–Trinajstić information content (AvgIpc) is 2.21. The van der Waals surface area contributed by atoms with Gasteiger partial charge in [0, 0.05) is 5.56 Å². The largest absolute Gasteiger partial charge is 0.493 e. The van der Waals surface area contributed by atoms with E-state index in [0.29, 0.717) is 18.1 Å². The van der Waals surface area contributed by atoms with Gasteiger partial charge in [0.25, 0.3) is 0 Å². The SMILES string of the molecule is C#Cc1ccc(OC)c(OCC)c1Br. The summed E-state index contributed by atoms with van der Waals surface area (Å²) in [5, 5.41) is 0. The van der Waals surface area contributed by atoms with Gasteiger partial charge in [0.2, 0.25) is 0 Å². The van der Waals surface area contributed by atoms with Crippen LogP contribution in [0.2, 0.25) is 0 Å². The molecule has 0 atom stereocenters. The third kappa shape index (κ3) is 2.02. The van der Waals surface area contributed by atoms with Crippen molar-refractivity contribution >= 4 is 15.9 Å². The van der Waals surface area contributed by atoms with Crippen LogP contribution in [0.25, 0.3) is 0 Å². The Bertz CT molecular complexity index is 366. The van der Waals surface area contributed by atoms with E-state index < -0.39 is 0 Å². The van der Waals surface area contributed by atoms with Crippen LogP contribution in [0, 0.1) is 12.3 Å². The molecule has 0 aliphatic heterocycles. The molecule has 1 rings (SSSR count). The molecule has 1 aromatic rings. The van der Waals surface area contributed by atoms with Crippen molar-refractivity contribution in [1.82, 2.24) is 0 Å². The fourth-order valence-corrected chi connectivity index (χ4v) is 1.65. The van der Waals surface area contributed by atoms with Crippen molar-refractivity contribution in [3.63, 3.8) is 0 Å². The second-order valence-electron chi connectivity index (χ2n) is 2.54. The molecular weight excluding hydrogens is 244 g/mol. The van der Waals surface area contributed by atoms with Crippen molar-refractivity contribution in [2.45, 2.75) is 6.92 Å². The Balaban J connectivity index is 3.25. The van der Waals surface area contributed by atoms with Gasteiger partial charge in [-0.1, -0.05) is 5.92 Å². The van der Waals surface area contributed by atoms with Crippen molar-refractivity contribution < 1.29 is 9.47 Å². The first-order valence-electron chi connectivity index (χ1n) is 4.20. The molecule has 0 aromatic heterocycles. The second-order valence-corrected chi connectivity index (χ2v) is 3.33. The molecule has 0 unspecified atom stereocenters. The first-order valence-corrected chi connectivity index (χ1v) is 4.99. The fourth-order valence-electron chi connectivity index (χ4n) is 1.09. The average molecular weight is 255 g/mol. The van der Waals surface area contributed by atoms with Gasteiger partial charge in [0.1, 0.15) is 0 Å². The van der Waals surface area contributed by atoms with E-state index in [1.54, 1.807) is 13.2 Å². The van der Waals surface area contributed by atoms with E-state index in [0.717, 1.165) is 10.0 Å². The Labute approximate surface area is 92.3 Å². The van der Waals surface area contributed by atoms with Gasteiger partial charge in [-0.25, -0.2) is 0 Å². The van der Waals surface area contributed by atoms with Gasteiger partial charge in [-0.2, -0.15) is 0 Å². The zero-order valence-electron chi connectivity index (χ0n) is 8.13. The maximum absolute atomic E-state index is 5.43. The van der Waals surface area contributed by atoms with Crippen molar-refractivity contribution in [1.29, 1.82) is 0 Å². The highest BCUT2D eigenvalue weighted by Gasteiger charge is 2.11. The summed E-state index contributed by atoms with van der Waals surface area (Å²) in [7, 11) is 1.60. The van der Waals surface area contributed by atoms with E-state index in [1.165, 1.54) is 0 Å². The highest BCUT2D eigenvalue weighted by atomic mass is 79.9. The molecule has 0 spiro atoms. The molecule has 74 valence electrons. The Morgan fingerprint density at radius 1 is 1.50 bits per heavy atom. The molecule has 3 heteroatoms. The lowest BCUT2D eigenvalue weighted by Gasteiger charge is -2.11. The monoisotopic (exact) mass is 254 g/mol. The van der Waals surface area contributed by atoms with E-state index >= 15 is 0 Å². The first-order chi connectivity index (χ1) is 6.74. The molecule has 0 aliphatic rings. The molecule has 0 bridgehead atoms. The standard InChI is InChI=1S/C11H11BrO2/c1-4-8-6-7-9(13-3)11(10(8)12)14-5-2/h1,6-7H,5H2,2-3H3. The first kappa shape index (κ1) is 10.9. The molecular formula is C11H11BrO2. The summed E-state index contributed by atoms with van der Waals surface area (Å²) < 4.78 is 11.4. The number of rotatable bonds is 3. The van der Waals surface area contributed by atoms with E-state index in [4.69, 9.17) is 15.9 Å². The van der Waals surface area contributed by atoms with Crippen LogP contribution in [0.3, 0.4) is 0 Å². The minimum absolute atomic E-state index is 0.572. The summed E-state index contributed by atoms with van der Waals surface area (Å²) in [5.74, 6) is 3.90. The number of hydrogen-bond acceptors (Lipinski definition) is 2. The van der Waals surface area contributed by atoms with Crippen LogP contribution < -0.4 is 9.47 Å². The lowest BCUT2D eigenvalue weighted by Crippen LogP contribution is -1.97. The summed E-state index contributed by atoms with van der Waals surface area (Å²) in [6.07, 6.45) is 5.33. The molecule has 0 heterocycles. The molecule has 0 radical (unpaired) electrons. The Hall–Kier alpha value is -1.14. The zero-order chi connectivity index (χ0) is 10.6. The number of halogens is 1. The minimum atomic E-state index is 0.572. The molecule has 1 aromatic carbocycles. The smallest absolute Gasteiger partial charge is 0.176 e. The Morgan fingerprint density at radius 3 is 2.71 bits per heavy atom. The molecule has 0 N–H and O–H groups in total. The molecule has 0 fully saturated rings. The highest BCUT2D eigenvalue weighted by Crippen LogP contribution is 2.37. The van der Waals surface area contributed by atoms with Gasteiger partial charge in [-0.3, -0.25) is 0 Å². The van der Waals surface area contributed by atoms with Gasteiger partial charge in [-0.15, -0.1) is 6.42 Å². The summed E-state index contributed by atoms with van der Waals surface area (Å²) in [5.41, 5.74) is 0.759. The van der Waals surface area contributed by atoms with Crippen LogP contribution in [-0.4, -0.2) is 13.7 Å². The quantitative estimate of drug-likeness (QED) is 0.773. The van der Waals surface area contributed by atoms with Gasteiger partial charge in [0.15, 0.2) is 11.5 Å². The van der Waals surface area contributed by atoms with Crippen LogP contribution in [0.1, 0.15) is 12.5 Å². The maximum atomic E-state index is 5.43. The van der Waals surface area contributed by atoms with Crippen LogP contribution in [-0.2, 0) is 0 Å². The van der Waals surface area contributed by atoms with Gasteiger partial charge < -0.3 is 9.47 Å². The highest BCUT2D eigenvalue weighted by molar-refractivity contribution is 9.10. The number of ether oxygens (including phenoxy) is 2. The molecule has 2 nitrogen and oxygen atoms in total. The molecule has 0 amide bonds. The normalized spacial score (nSPS) is 9.29. The van der Waals surface area contributed by atoms with Crippen molar-refractivity contribution in [2.75, 3.05) is 13.7 Å². The van der Waals surface area contributed by atoms with Crippen LogP contribution >= 0.6 is 15.9 Å². The second kappa shape index (κ2) is 4.92. The number of methoxy groups -OCH3 is 1. The van der Waals surface area contributed by atoms with Gasteiger partial charge in [0.05, 0.1) is 18.2 Å². The summed E-state index contributed by atoms with van der Waals surface area (Å²) in [4.78, 5) is 0. The fraction of sp³-hybridized carbons (Fsp3) is 0.273. The number of terminal acetylenes is 1. The summed E-state index contributed by atoms with van der Waals surface area (Å²) in [6, 6.07) is 3.61. The molecule has 0 saturated carbocycles. The van der Waals surface area contributed by atoms with E-state index in [-0.39, 0.29) is 0 Å². The zero-order valence-corrected chi connectivity index (χ0v) is 9.72. The van der Waals surface area contributed by atoms with Crippen molar-refractivity contribution in [3.05, 3.63) is 22.2 Å². The third-order valence-electron chi connectivity index (χ3n) is 1.73. The lowest BCUT2D eigenvalue weighted by atomic mass is 10.2. The van der Waals surface area contributed by atoms with Gasteiger partial charge >= 0.3 is 0 Å². The number of benzene rings is 1. The molecule has 0 aliphatic carbocycles. The van der Waals surface area contributed by atoms with Crippen LogP contribution in [0.15, 0.2) is 16.6 Å². The van der Waals surface area contributed by atoms with Crippen LogP contribution in [0.5, 0.6) is 11.5 Å². The van der Waals surface area contributed by atoms with Crippen LogP contribution in [0.4, 0.5) is 0 Å². The maximum Gasteiger partial charge on any atom is 0.176 e. The summed E-state index contributed by atoms with van der Waals surface area (Å²) >= 11 is 3.39.